The second-order valence-corrected chi connectivity index (χ2v) is 4.57. The number of nitriles is 1. The molecule has 1 saturated carbocycles. The van der Waals surface area contributed by atoms with Crippen LogP contribution in [0.1, 0.15) is 37.3 Å². The van der Waals surface area contributed by atoms with E-state index in [9.17, 15) is 5.11 Å². The Balaban J connectivity index is 2.33. The lowest BCUT2D eigenvalue weighted by molar-refractivity contribution is 0.0407. The van der Waals surface area contributed by atoms with Crippen LogP contribution in [0.25, 0.3) is 0 Å². The summed E-state index contributed by atoms with van der Waals surface area (Å²) in [5.41, 5.74) is 0.818. The highest BCUT2D eigenvalue weighted by molar-refractivity contribution is 5.36. The van der Waals surface area contributed by atoms with Gasteiger partial charge in [-0.3, -0.25) is 0 Å². The molecule has 15 heavy (non-hydrogen) atoms. The fourth-order valence-electron chi connectivity index (χ4n) is 2.41. The third-order valence-electron chi connectivity index (χ3n) is 3.27. The Morgan fingerprint density at radius 1 is 1.53 bits per heavy atom. The number of rotatable bonds is 1. The molecule has 0 unspecified atom stereocenters. The van der Waals surface area contributed by atoms with Crippen molar-refractivity contribution in [3.63, 3.8) is 0 Å². The Morgan fingerprint density at radius 3 is 2.93 bits per heavy atom. The number of aliphatic hydroxyl groups is 1. The van der Waals surface area contributed by atoms with Crippen LogP contribution in [0.15, 0.2) is 24.3 Å². The van der Waals surface area contributed by atoms with E-state index < -0.39 is 5.60 Å². The molecule has 0 bridgehead atoms. The van der Waals surface area contributed by atoms with Crippen LogP contribution in [0.5, 0.6) is 0 Å². The zero-order valence-corrected chi connectivity index (χ0v) is 8.90. The molecule has 1 aromatic rings. The van der Waals surface area contributed by atoms with Crippen LogP contribution < -0.4 is 0 Å². The first kappa shape index (κ1) is 10.2. The van der Waals surface area contributed by atoms with Gasteiger partial charge in [-0.25, -0.2) is 0 Å². The van der Waals surface area contributed by atoms with Crippen LogP contribution in [0.4, 0.5) is 0 Å². The molecule has 2 atom stereocenters. The lowest BCUT2D eigenvalue weighted by Crippen LogP contribution is -2.21. The van der Waals surface area contributed by atoms with E-state index in [0.717, 1.165) is 24.8 Å². The van der Waals surface area contributed by atoms with Gasteiger partial charge in [0.1, 0.15) is 0 Å². The van der Waals surface area contributed by atoms with E-state index in [0.29, 0.717) is 11.5 Å². The standard InChI is InChI=1S/C13H15NO/c1-10-5-6-13(15,8-10)12-4-2-3-11(7-12)9-14/h2-4,7,10,15H,5-6,8H2,1H3/t10-,13+/m1/s1. The zero-order chi connectivity index (χ0) is 10.9. The van der Waals surface area contributed by atoms with Gasteiger partial charge in [0, 0.05) is 0 Å². The van der Waals surface area contributed by atoms with Crippen molar-refractivity contribution in [2.75, 3.05) is 0 Å². The Bertz CT molecular complexity index is 407. The maximum atomic E-state index is 10.4. The zero-order valence-electron chi connectivity index (χ0n) is 8.90. The van der Waals surface area contributed by atoms with Gasteiger partial charge in [-0.05, 0) is 42.9 Å². The summed E-state index contributed by atoms with van der Waals surface area (Å²) < 4.78 is 0. The summed E-state index contributed by atoms with van der Waals surface area (Å²) in [6.45, 7) is 2.16. The fourth-order valence-corrected chi connectivity index (χ4v) is 2.41. The molecule has 0 aromatic heterocycles. The monoisotopic (exact) mass is 201 g/mol. The van der Waals surface area contributed by atoms with Crippen LogP contribution in [0.2, 0.25) is 0 Å². The van der Waals surface area contributed by atoms with Gasteiger partial charge in [-0.15, -0.1) is 0 Å². The molecule has 1 fully saturated rings. The minimum absolute atomic E-state index is 0.570. The Kier molecular flexibility index (Phi) is 2.50. The van der Waals surface area contributed by atoms with Gasteiger partial charge in [-0.2, -0.15) is 5.26 Å². The van der Waals surface area contributed by atoms with Crippen LogP contribution >= 0.6 is 0 Å². The number of nitrogens with zero attached hydrogens (tertiary/aromatic N) is 1. The first-order chi connectivity index (χ1) is 7.14. The predicted molar refractivity (Wildman–Crippen MR) is 58.1 cm³/mol. The molecule has 1 aliphatic carbocycles. The largest absolute Gasteiger partial charge is 0.385 e. The molecule has 0 saturated heterocycles. The molecular weight excluding hydrogens is 186 g/mol. The minimum atomic E-state index is -0.702. The Hall–Kier alpha value is -1.33. The van der Waals surface area contributed by atoms with Crippen molar-refractivity contribution < 1.29 is 5.11 Å². The van der Waals surface area contributed by atoms with Gasteiger partial charge in [-0.1, -0.05) is 19.1 Å². The molecule has 0 spiro atoms. The van der Waals surface area contributed by atoms with Crippen molar-refractivity contribution in [3.8, 4) is 6.07 Å². The van der Waals surface area contributed by atoms with Gasteiger partial charge in [0.25, 0.3) is 0 Å². The summed E-state index contributed by atoms with van der Waals surface area (Å²) in [4.78, 5) is 0. The number of benzene rings is 1. The maximum absolute atomic E-state index is 10.4. The molecule has 2 nitrogen and oxygen atoms in total. The summed E-state index contributed by atoms with van der Waals surface area (Å²) in [7, 11) is 0. The molecule has 0 heterocycles. The summed E-state index contributed by atoms with van der Waals surface area (Å²) in [6, 6.07) is 9.44. The second-order valence-electron chi connectivity index (χ2n) is 4.57. The smallest absolute Gasteiger partial charge is 0.0991 e. The topological polar surface area (TPSA) is 44.0 Å². The van der Waals surface area contributed by atoms with E-state index in [-0.39, 0.29) is 0 Å². The van der Waals surface area contributed by atoms with E-state index in [1.54, 1.807) is 12.1 Å². The average Bonchev–Trinajstić information content (AvgIpc) is 2.60. The van der Waals surface area contributed by atoms with Crippen molar-refractivity contribution in [1.29, 1.82) is 5.26 Å². The summed E-state index contributed by atoms with van der Waals surface area (Å²) in [6.07, 6.45) is 2.68. The third-order valence-corrected chi connectivity index (χ3v) is 3.27. The predicted octanol–water partition coefficient (Wildman–Crippen LogP) is 2.57. The number of hydrogen-bond donors (Lipinski definition) is 1. The van der Waals surface area contributed by atoms with E-state index in [1.807, 2.05) is 12.1 Å². The molecular formula is C13H15NO. The van der Waals surface area contributed by atoms with Crippen molar-refractivity contribution in [2.24, 2.45) is 5.92 Å². The average molecular weight is 201 g/mol. The highest BCUT2D eigenvalue weighted by Gasteiger charge is 2.36. The third kappa shape index (κ3) is 1.88. The van der Waals surface area contributed by atoms with Gasteiger partial charge in [0.05, 0.1) is 17.2 Å². The minimum Gasteiger partial charge on any atom is -0.385 e. The van der Waals surface area contributed by atoms with Gasteiger partial charge in [0.2, 0.25) is 0 Å². The highest BCUT2D eigenvalue weighted by atomic mass is 16.3. The summed E-state index contributed by atoms with van der Waals surface area (Å²) in [5.74, 6) is 0.570. The lowest BCUT2D eigenvalue weighted by atomic mass is 9.90. The Morgan fingerprint density at radius 2 is 2.33 bits per heavy atom. The second kappa shape index (κ2) is 3.67. The molecule has 1 aromatic carbocycles. The van der Waals surface area contributed by atoms with Crippen molar-refractivity contribution in [3.05, 3.63) is 35.4 Å². The van der Waals surface area contributed by atoms with Crippen LogP contribution in [-0.2, 0) is 5.60 Å². The molecule has 2 rings (SSSR count). The van der Waals surface area contributed by atoms with Gasteiger partial charge in [0.15, 0.2) is 0 Å². The first-order valence-corrected chi connectivity index (χ1v) is 5.37. The normalized spacial score (nSPS) is 30.1. The summed E-state index contributed by atoms with van der Waals surface area (Å²) >= 11 is 0. The van der Waals surface area contributed by atoms with Crippen molar-refractivity contribution in [2.45, 2.75) is 31.8 Å². The van der Waals surface area contributed by atoms with E-state index in [4.69, 9.17) is 5.26 Å². The van der Waals surface area contributed by atoms with Crippen LogP contribution in [0.3, 0.4) is 0 Å². The number of hydrogen-bond acceptors (Lipinski definition) is 2. The van der Waals surface area contributed by atoms with E-state index >= 15 is 0 Å². The SMILES string of the molecule is C[C@@H]1CC[C@@](O)(c2cccc(C#N)c2)C1. The quantitative estimate of drug-likeness (QED) is 0.758. The van der Waals surface area contributed by atoms with E-state index in [1.165, 1.54) is 0 Å². The molecule has 0 aliphatic heterocycles. The molecule has 0 amide bonds. The lowest BCUT2D eigenvalue weighted by Gasteiger charge is -2.23. The highest BCUT2D eigenvalue weighted by Crippen LogP contribution is 2.41. The van der Waals surface area contributed by atoms with Crippen molar-refractivity contribution >= 4 is 0 Å². The Labute approximate surface area is 90.2 Å². The molecule has 1 aliphatic rings. The van der Waals surface area contributed by atoms with E-state index in [2.05, 4.69) is 13.0 Å². The molecule has 2 heteroatoms. The van der Waals surface area contributed by atoms with Gasteiger partial charge < -0.3 is 5.11 Å². The molecule has 78 valence electrons. The maximum Gasteiger partial charge on any atom is 0.0991 e. The van der Waals surface area contributed by atoms with Gasteiger partial charge >= 0.3 is 0 Å². The fraction of sp³-hybridized carbons (Fsp3) is 0.462. The molecule has 0 radical (unpaired) electrons. The summed E-state index contributed by atoms with van der Waals surface area (Å²) in [5, 5.41) is 19.3. The van der Waals surface area contributed by atoms with Crippen LogP contribution in [-0.4, -0.2) is 5.11 Å². The first-order valence-electron chi connectivity index (χ1n) is 5.37. The van der Waals surface area contributed by atoms with Crippen LogP contribution in [0, 0.1) is 17.2 Å². The molecule has 1 N–H and O–H groups in total. The van der Waals surface area contributed by atoms with Crippen molar-refractivity contribution in [1.82, 2.24) is 0 Å².